The summed E-state index contributed by atoms with van der Waals surface area (Å²) in [6, 6.07) is -4.43. The highest BCUT2D eigenvalue weighted by Crippen LogP contribution is 2.26. The summed E-state index contributed by atoms with van der Waals surface area (Å²) >= 11 is 0. The predicted octanol–water partition coefficient (Wildman–Crippen LogP) is -2.58. The topological polar surface area (TPSA) is 253 Å². The summed E-state index contributed by atoms with van der Waals surface area (Å²) < 4.78 is 0. The number of rotatable bonds is 16. The van der Waals surface area contributed by atoms with Crippen molar-refractivity contribution >= 4 is 35.4 Å². The van der Waals surface area contributed by atoms with Crippen LogP contribution in [0.25, 0.3) is 0 Å². The molecular weight excluding hydrogens is 546 g/mol. The van der Waals surface area contributed by atoms with E-state index in [1.807, 2.05) is 0 Å². The number of hydrogen-bond acceptors (Lipinski definition) is 9. The molecule has 0 saturated carbocycles. The number of unbranched alkanes of at least 4 members (excludes halogenated alkanes) is 1. The number of nitrogens with two attached hydrogens (primary N) is 4. The van der Waals surface area contributed by atoms with Crippen molar-refractivity contribution in [3.63, 3.8) is 0 Å². The van der Waals surface area contributed by atoms with E-state index in [1.165, 1.54) is 23.6 Å². The molecule has 42 heavy (non-hydrogen) atoms. The number of likely N-dealkylation sites (tertiary alicyclic amines) is 2. The maximum Gasteiger partial charge on any atom is 0.246 e. The summed E-state index contributed by atoms with van der Waals surface area (Å²) in [7, 11) is 0. The van der Waals surface area contributed by atoms with Gasteiger partial charge >= 0.3 is 0 Å². The molecule has 0 aromatic heterocycles. The molecule has 0 aromatic carbocycles. The first-order valence-corrected chi connectivity index (χ1v) is 14.8. The number of aliphatic hydroxyl groups excluding tert-OH is 1. The quantitative estimate of drug-likeness (QED) is 0.0557. The highest BCUT2D eigenvalue weighted by Gasteiger charge is 2.44. The predicted molar refractivity (Wildman–Crippen MR) is 156 cm³/mol. The summed E-state index contributed by atoms with van der Waals surface area (Å²) in [5, 5.41) is 15.1. The molecule has 2 saturated heterocycles. The van der Waals surface area contributed by atoms with Gasteiger partial charge in [0.05, 0.1) is 12.1 Å². The van der Waals surface area contributed by atoms with Crippen LogP contribution in [0.2, 0.25) is 0 Å². The molecule has 2 rings (SSSR count). The number of guanidine groups is 1. The van der Waals surface area contributed by atoms with Crippen molar-refractivity contribution in [2.24, 2.45) is 27.9 Å². The van der Waals surface area contributed by atoms with Gasteiger partial charge in [0.2, 0.25) is 23.6 Å². The van der Waals surface area contributed by atoms with Crippen LogP contribution < -0.4 is 33.6 Å². The highest BCUT2D eigenvalue weighted by atomic mass is 16.3. The zero-order chi connectivity index (χ0) is 31.4. The Hall–Kier alpha value is -3.30. The number of nitrogens with zero attached hydrogens (tertiary/aromatic N) is 3. The third kappa shape index (κ3) is 9.91. The molecule has 0 aliphatic carbocycles. The van der Waals surface area contributed by atoms with E-state index in [1.54, 1.807) is 0 Å². The zero-order valence-corrected chi connectivity index (χ0v) is 24.8. The van der Waals surface area contributed by atoms with Crippen molar-refractivity contribution < 1.29 is 29.1 Å². The molecule has 15 nitrogen and oxygen atoms in total. The number of carbonyl (C=O) groups is 5. The Labute approximate surface area is 247 Å². The fourth-order valence-electron chi connectivity index (χ4n) is 5.37. The van der Waals surface area contributed by atoms with Crippen LogP contribution in [0.1, 0.15) is 71.6 Å². The first-order chi connectivity index (χ1) is 19.9. The molecule has 0 radical (unpaired) electrons. The minimum Gasteiger partial charge on any atom is -0.391 e. The monoisotopic (exact) mass is 595 g/mol. The summed E-state index contributed by atoms with van der Waals surface area (Å²) in [4.78, 5) is 72.3. The molecule has 0 bridgehead atoms. The lowest BCUT2D eigenvalue weighted by Gasteiger charge is -2.33. The molecular formula is C27H49N9O6. The van der Waals surface area contributed by atoms with Crippen molar-refractivity contribution in [1.82, 2.24) is 20.4 Å². The summed E-state index contributed by atoms with van der Waals surface area (Å²) in [5.74, 6) is -2.09. The van der Waals surface area contributed by atoms with Crippen molar-refractivity contribution in [1.29, 1.82) is 0 Å². The Morgan fingerprint density at radius 1 is 0.929 bits per heavy atom. The number of aliphatic hydroxyl groups is 1. The van der Waals surface area contributed by atoms with Crippen LogP contribution in [0.5, 0.6) is 0 Å². The standard InChI is InChI=1S/C27H49N9O6/c1-16(37)18(9-5-13-32-27(30)31)33-23(39)20-10-6-14-35(20)26(42)21-11-7-15-36(21)25(41)19(8-3-4-12-28)34-24(40)22(29)17(2)38/h17-22,38H,3-15,28-29H2,1-2H3,(H,33,39)(H,34,40)(H4,30,31,32). The van der Waals surface area contributed by atoms with E-state index in [9.17, 15) is 29.1 Å². The first kappa shape index (κ1) is 34.9. The molecule has 2 aliphatic rings. The molecule has 0 spiro atoms. The van der Waals surface area contributed by atoms with Crippen LogP contribution in [0.4, 0.5) is 0 Å². The molecule has 4 amide bonds. The van der Waals surface area contributed by atoms with E-state index in [-0.39, 0.29) is 17.6 Å². The molecule has 2 heterocycles. The van der Waals surface area contributed by atoms with Gasteiger partial charge in [-0.1, -0.05) is 0 Å². The van der Waals surface area contributed by atoms with Gasteiger partial charge in [0.1, 0.15) is 24.2 Å². The van der Waals surface area contributed by atoms with Gasteiger partial charge in [0.15, 0.2) is 11.7 Å². The fraction of sp³-hybridized carbons (Fsp3) is 0.778. The van der Waals surface area contributed by atoms with Crippen LogP contribution in [0, 0.1) is 0 Å². The van der Waals surface area contributed by atoms with Crippen molar-refractivity contribution in [3.8, 4) is 0 Å². The van der Waals surface area contributed by atoms with Crippen LogP contribution >= 0.6 is 0 Å². The van der Waals surface area contributed by atoms with Gasteiger partial charge in [0.25, 0.3) is 0 Å². The Balaban J connectivity index is 2.12. The minimum absolute atomic E-state index is 0.0504. The molecule has 11 N–H and O–H groups in total. The SMILES string of the molecule is CC(=O)C(CCCN=C(N)N)NC(=O)C1CCCN1C(=O)C1CCCN1C(=O)C(CCCCN)NC(=O)C(N)C(C)O. The molecule has 6 atom stereocenters. The Morgan fingerprint density at radius 3 is 2.14 bits per heavy atom. The van der Waals surface area contributed by atoms with E-state index in [0.717, 1.165) is 0 Å². The van der Waals surface area contributed by atoms with Gasteiger partial charge in [-0.3, -0.25) is 29.0 Å². The maximum absolute atomic E-state index is 13.8. The van der Waals surface area contributed by atoms with E-state index in [4.69, 9.17) is 22.9 Å². The van der Waals surface area contributed by atoms with Gasteiger partial charge in [-0.2, -0.15) is 0 Å². The third-order valence-corrected chi connectivity index (χ3v) is 7.80. The van der Waals surface area contributed by atoms with Gasteiger partial charge in [-0.05, 0) is 78.2 Å². The van der Waals surface area contributed by atoms with E-state index in [2.05, 4.69) is 15.6 Å². The number of nitrogens with one attached hydrogen (secondary N) is 2. The molecule has 238 valence electrons. The average Bonchev–Trinajstić information content (AvgIpc) is 3.63. The van der Waals surface area contributed by atoms with Crippen LogP contribution in [0.3, 0.4) is 0 Å². The smallest absolute Gasteiger partial charge is 0.246 e. The zero-order valence-electron chi connectivity index (χ0n) is 24.8. The number of Topliss-reactive ketones (excluding diaryl/α,β-unsaturated/α-hetero) is 1. The van der Waals surface area contributed by atoms with Crippen molar-refractivity contribution in [2.45, 2.75) is 108 Å². The number of ketones is 1. The van der Waals surface area contributed by atoms with Crippen molar-refractivity contribution in [2.75, 3.05) is 26.2 Å². The number of aliphatic imine (C=N–C) groups is 1. The van der Waals surface area contributed by atoms with Gasteiger partial charge in [-0.25, -0.2) is 0 Å². The fourth-order valence-corrected chi connectivity index (χ4v) is 5.37. The number of carbonyl (C=O) groups excluding carboxylic acids is 5. The molecule has 2 aliphatic heterocycles. The van der Waals surface area contributed by atoms with Gasteiger partial charge in [-0.15, -0.1) is 0 Å². The average molecular weight is 596 g/mol. The second-order valence-corrected chi connectivity index (χ2v) is 11.1. The number of hydrogen-bond donors (Lipinski definition) is 7. The third-order valence-electron chi connectivity index (χ3n) is 7.80. The number of amides is 4. The van der Waals surface area contributed by atoms with E-state index >= 15 is 0 Å². The summed E-state index contributed by atoms with van der Waals surface area (Å²) in [6.45, 7) is 4.20. The largest absolute Gasteiger partial charge is 0.391 e. The lowest BCUT2D eigenvalue weighted by atomic mass is 10.0. The first-order valence-electron chi connectivity index (χ1n) is 14.8. The summed E-state index contributed by atoms with van der Waals surface area (Å²) in [6.07, 6.45) is 3.30. The van der Waals surface area contributed by atoms with Crippen molar-refractivity contribution in [3.05, 3.63) is 0 Å². The highest BCUT2D eigenvalue weighted by molar-refractivity contribution is 5.96. The normalized spacial score (nSPS) is 21.3. The minimum atomic E-state index is -1.21. The van der Waals surface area contributed by atoms with Crippen LogP contribution in [-0.4, -0.2) is 113 Å². The maximum atomic E-state index is 13.8. The Bertz CT molecular complexity index is 987. The van der Waals surface area contributed by atoms with Gasteiger partial charge < -0.3 is 48.5 Å². The second kappa shape index (κ2) is 17.0. The lowest BCUT2D eigenvalue weighted by Crippen LogP contribution is -2.58. The second-order valence-electron chi connectivity index (χ2n) is 11.1. The summed E-state index contributed by atoms with van der Waals surface area (Å²) in [5.41, 5.74) is 22.1. The molecule has 6 unspecified atom stereocenters. The lowest BCUT2D eigenvalue weighted by molar-refractivity contribution is -0.148. The Kier molecular flexibility index (Phi) is 14.1. The van der Waals surface area contributed by atoms with Crippen LogP contribution in [-0.2, 0) is 24.0 Å². The Morgan fingerprint density at radius 2 is 1.55 bits per heavy atom. The molecule has 0 aromatic rings. The van der Waals surface area contributed by atoms with Crippen LogP contribution in [0.15, 0.2) is 4.99 Å². The van der Waals surface area contributed by atoms with E-state index < -0.39 is 54.0 Å². The van der Waals surface area contributed by atoms with Gasteiger partial charge in [0, 0.05) is 19.6 Å². The molecule has 2 fully saturated rings. The molecule has 15 heteroatoms. The van der Waals surface area contributed by atoms with E-state index in [0.29, 0.717) is 84.0 Å².